The number of hydrogen-bond donors (Lipinski definition) is 2. The number of hydrogen-bond acceptors (Lipinski definition) is 2. The monoisotopic (exact) mass is 200 g/mol. The summed E-state index contributed by atoms with van der Waals surface area (Å²) < 4.78 is 0. The largest absolute Gasteiger partial charge is 0.271 e. The van der Waals surface area contributed by atoms with Gasteiger partial charge >= 0.3 is 0 Å². The molecule has 0 amide bonds. The number of benzene rings is 1. The molecule has 0 saturated carbocycles. The third-order valence-electron chi connectivity index (χ3n) is 3.20. The highest BCUT2D eigenvalue weighted by molar-refractivity contribution is 5.32. The van der Waals surface area contributed by atoms with Gasteiger partial charge in [0.25, 0.3) is 0 Å². The first kappa shape index (κ1) is 10.2. The van der Waals surface area contributed by atoms with E-state index in [0.717, 1.165) is 12.8 Å². The lowest BCUT2D eigenvalue weighted by Gasteiger charge is -2.19. The Labute approximate surface area is 90.8 Å². The van der Waals surface area contributed by atoms with Crippen molar-refractivity contribution in [2.24, 2.45) is 11.8 Å². The first-order valence-electron chi connectivity index (χ1n) is 5.31. The second-order valence-corrected chi connectivity index (χ2v) is 4.12. The van der Waals surface area contributed by atoms with E-state index in [4.69, 9.17) is 12.3 Å². The van der Waals surface area contributed by atoms with Gasteiger partial charge in [0.1, 0.15) is 0 Å². The van der Waals surface area contributed by atoms with E-state index in [-0.39, 0.29) is 6.04 Å². The summed E-state index contributed by atoms with van der Waals surface area (Å²) >= 11 is 0. The van der Waals surface area contributed by atoms with E-state index in [2.05, 4.69) is 35.6 Å². The second kappa shape index (κ2) is 4.48. The van der Waals surface area contributed by atoms with Crippen LogP contribution in [-0.2, 0) is 12.8 Å². The zero-order valence-corrected chi connectivity index (χ0v) is 8.74. The maximum absolute atomic E-state index is 5.53. The Morgan fingerprint density at radius 3 is 2.47 bits per heavy atom. The van der Waals surface area contributed by atoms with Crippen LogP contribution in [-0.4, -0.2) is 6.04 Å². The lowest BCUT2D eigenvalue weighted by molar-refractivity contribution is 0.375. The molecule has 0 aliphatic heterocycles. The van der Waals surface area contributed by atoms with Crippen molar-refractivity contribution in [1.82, 2.24) is 5.43 Å². The summed E-state index contributed by atoms with van der Waals surface area (Å²) in [6, 6.07) is 8.81. The first-order valence-corrected chi connectivity index (χ1v) is 5.31. The molecule has 2 nitrogen and oxygen atoms in total. The van der Waals surface area contributed by atoms with Crippen LogP contribution >= 0.6 is 0 Å². The minimum Gasteiger partial charge on any atom is -0.271 e. The van der Waals surface area contributed by atoms with Crippen LogP contribution in [0, 0.1) is 18.3 Å². The van der Waals surface area contributed by atoms with Gasteiger partial charge in [-0.1, -0.05) is 24.3 Å². The Kier molecular flexibility index (Phi) is 3.05. The van der Waals surface area contributed by atoms with Crippen LogP contribution in [0.15, 0.2) is 24.3 Å². The number of terminal acetylenes is 1. The first-order chi connectivity index (χ1) is 7.35. The third-order valence-corrected chi connectivity index (χ3v) is 3.20. The lowest BCUT2D eigenvalue weighted by Crippen LogP contribution is -2.41. The summed E-state index contributed by atoms with van der Waals surface area (Å²) in [5.74, 6) is 8.75. The molecule has 0 spiro atoms. The quantitative estimate of drug-likeness (QED) is 0.438. The fourth-order valence-electron chi connectivity index (χ4n) is 2.37. The van der Waals surface area contributed by atoms with Crippen LogP contribution in [0.1, 0.15) is 17.5 Å². The van der Waals surface area contributed by atoms with Gasteiger partial charge in [-0.15, -0.1) is 12.3 Å². The van der Waals surface area contributed by atoms with Crippen molar-refractivity contribution in [3.8, 4) is 12.3 Å². The molecule has 2 heteroatoms. The van der Waals surface area contributed by atoms with Gasteiger partial charge in [-0.05, 0) is 29.9 Å². The number of hydrazine groups is 1. The molecule has 0 heterocycles. The highest BCUT2D eigenvalue weighted by atomic mass is 15.2. The molecule has 1 aliphatic carbocycles. The molecule has 15 heavy (non-hydrogen) atoms. The molecule has 0 saturated heterocycles. The summed E-state index contributed by atoms with van der Waals surface area (Å²) in [5.41, 5.74) is 5.73. The van der Waals surface area contributed by atoms with Crippen LogP contribution in [0.2, 0.25) is 0 Å². The van der Waals surface area contributed by atoms with Crippen LogP contribution in [0.5, 0.6) is 0 Å². The number of nitrogens with one attached hydrogen (secondary N) is 1. The Morgan fingerprint density at radius 2 is 2.00 bits per heavy atom. The molecule has 1 aromatic carbocycles. The van der Waals surface area contributed by atoms with Crippen molar-refractivity contribution < 1.29 is 0 Å². The van der Waals surface area contributed by atoms with E-state index < -0.39 is 0 Å². The highest BCUT2D eigenvalue weighted by Gasteiger charge is 2.27. The molecule has 2 rings (SSSR count). The minimum atomic E-state index is 0.238. The molecule has 1 aliphatic rings. The predicted molar refractivity (Wildman–Crippen MR) is 61.9 cm³/mol. The Balaban J connectivity index is 2.09. The van der Waals surface area contributed by atoms with Crippen LogP contribution in [0.3, 0.4) is 0 Å². The molecule has 0 bridgehead atoms. The summed E-state index contributed by atoms with van der Waals surface area (Å²) in [7, 11) is 0. The molecule has 1 aromatic rings. The van der Waals surface area contributed by atoms with Crippen molar-refractivity contribution >= 4 is 0 Å². The average molecular weight is 200 g/mol. The predicted octanol–water partition coefficient (Wildman–Crippen LogP) is 1.26. The maximum Gasteiger partial charge on any atom is 0.0354 e. The minimum absolute atomic E-state index is 0.238. The third kappa shape index (κ3) is 2.04. The van der Waals surface area contributed by atoms with E-state index in [9.17, 15) is 0 Å². The van der Waals surface area contributed by atoms with E-state index in [1.54, 1.807) is 0 Å². The Morgan fingerprint density at radius 1 is 1.40 bits per heavy atom. The zero-order valence-electron chi connectivity index (χ0n) is 8.74. The van der Waals surface area contributed by atoms with Gasteiger partial charge in [0.15, 0.2) is 0 Å². The van der Waals surface area contributed by atoms with Crippen molar-refractivity contribution in [3.63, 3.8) is 0 Å². The summed E-state index contributed by atoms with van der Waals surface area (Å²) in [6.07, 6.45) is 8.22. The number of nitrogens with two attached hydrogens (primary N) is 1. The van der Waals surface area contributed by atoms with Crippen molar-refractivity contribution in [2.75, 3.05) is 0 Å². The van der Waals surface area contributed by atoms with E-state index in [1.165, 1.54) is 11.1 Å². The zero-order chi connectivity index (χ0) is 10.7. The molecule has 0 aromatic heterocycles. The fourth-order valence-corrected chi connectivity index (χ4v) is 2.37. The summed E-state index contributed by atoms with van der Waals surface area (Å²) in [6.45, 7) is 0. The molecule has 0 fully saturated rings. The van der Waals surface area contributed by atoms with E-state index in [1.807, 2.05) is 0 Å². The molecule has 3 N–H and O–H groups in total. The van der Waals surface area contributed by atoms with E-state index in [0.29, 0.717) is 12.3 Å². The Hall–Kier alpha value is -1.30. The van der Waals surface area contributed by atoms with Crippen molar-refractivity contribution in [3.05, 3.63) is 35.4 Å². The van der Waals surface area contributed by atoms with Gasteiger partial charge < -0.3 is 0 Å². The summed E-state index contributed by atoms with van der Waals surface area (Å²) in [5, 5.41) is 0. The molecule has 78 valence electrons. The van der Waals surface area contributed by atoms with Gasteiger partial charge in [-0.3, -0.25) is 11.3 Å². The number of fused-ring (bicyclic) bond motifs is 1. The standard InChI is InChI=1S/C13H16N2/c1-2-5-13(15-14)12-8-10-6-3-4-7-11(10)9-12/h1,3-4,6-7,12-13,15H,5,8-9,14H2. The molecule has 1 unspecified atom stereocenters. The van der Waals surface area contributed by atoms with Gasteiger partial charge in [-0.2, -0.15) is 0 Å². The molecular weight excluding hydrogens is 184 g/mol. The van der Waals surface area contributed by atoms with Crippen LogP contribution < -0.4 is 11.3 Å². The van der Waals surface area contributed by atoms with Crippen molar-refractivity contribution in [1.29, 1.82) is 0 Å². The topological polar surface area (TPSA) is 38.0 Å². The van der Waals surface area contributed by atoms with Gasteiger partial charge in [-0.25, -0.2) is 0 Å². The SMILES string of the molecule is C#CCC(NN)C1Cc2ccccc2C1. The van der Waals surface area contributed by atoms with E-state index >= 15 is 0 Å². The average Bonchev–Trinajstić information content (AvgIpc) is 2.69. The van der Waals surface area contributed by atoms with Crippen LogP contribution in [0.4, 0.5) is 0 Å². The fraction of sp³-hybridized carbons (Fsp3) is 0.385. The molecule has 0 radical (unpaired) electrons. The van der Waals surface area contributed by atoms with Crippen LogP contribution in [0.25, 0.3) is 0 Å². The Bertz CT molecular complexity index is 353. The van der Waals surface area contributed by atoms with Crippen molar-refractivity contribution in [2.45, 2.75) is 25.3 Å². The highest BCUT2D eigenvalue weighted by Crippen LogP contribution is 2.29. The van der Waals surface area contributed by atoms with Gasteiger partial charge in [0, 0.05) is 12.5 Å². The second-order valence-electron chi connectivity index (χ2n) is 4.12. The summed E-state index contributed by atoms with van der Waals surface area (Å²) in [4.78, 5) is 0. The smallest absolute Gasteiger partial charge is 0.0354 e. The molecular formula is C13H16N2. The molecule has 1 atom stereocenters. The number of rotatable bonds is 3. The van der Waals surface area contributed by atoms with Gasteiger partial charge in [0.2, 0.25) is 0 Å². The lowest BCUT2D eigenvalue weighted by atomic mass is 9.95. The van der Waals surface area contributed by atoms with Gasteiger partial charge in [0.05, 0.1) is 0 Å². The maximum atomic E-state index is 5.53. The normalized spacial score (nSPS) is 17.1.